The van der Waals surface area contributed by atoms with Gasteiger partial charge in [0.25, 0.3) is 11.6 Å². The molecule has 3 N–H and O–H groups in total. The van der Waals surface area contributed by atoms with Gasteiger partial charge >= 0.3 is 0 Å². The summed E-state index contributed by atoms with van der Waals surface area (Å²) in [6.07, 6.45) is 0. The molecule has 0 radical (unpaired) electrons. The summed E-state index contributed by atoms with van der Waals surface area (Å²) in [5, 5.41) is 13.4. The van der Waals surface area contributed by atoms with E-state index < -0.39 is 27.9 Å². The predicted octanol–water partition coefficient (Wildman–Crippen LogP) is 1.86. The second-order valence-electron chi connectivity index (χ2n) is 5.02. The highest BCUT2D eigenvalue weighted by molar-refractivity contribution is 5.99. The molecule has 21 heavy (non-hydrogen) atoms. The monoisotopic (exact) mass is 299 g/mol. The van der Waals surface area contributed by atoms with Crippen LogP contribution in [-0.4, -0.2) is 29.6 Å². The van der Waals surface area contributed by atoms with Crippen LogP contribution in [0.15, 0.2) is 12.1 Å². The van der Waals surface area contributed by atoms with E-state index in [2.05, 4.69) is 5.32 Å². The van der Waals surface area contributed by atoms with Gasteiger partial charge in [0, 0.05) is 13.2 Å². The molecule has 0 saturated heterocycles. The molecule has 1 amide bonds. The number of anilines is 1. The summed E-state index contributed by atoms with van der Waals surface area (Å²) in [5.74, 6) is -1.64. The number of nitrogens with one attached hydrogen (secondary N) is 1. The van der Waals surface area contributed by atoms with E-state index in [-0.39, 0.29) is 17.8 Å². The molecule has 7 nitrogen and oxygen atoms in total. The summed E-state index contributed by atoms with van der Waals surface area (Å²) < 4.78 is 18.7. The van der Waals surface area contributed by atoms with Gasteiger partial charge in [0.05, 0.1) is 22.3 Å². The van der Waals surface area contributed by atoms with Gasteiger partial charge in [-0.3, -0.25) is 14.9 Å². The predicted molar refractivity (Wildman–Crippen MR) is 75.5 cm³/mol. The van der Waals surface area contributed by atoms with E-state index in [0.29, 0.717) is 12.7 Å². The fourth-order valence-electron chi connectivity index (χ4n) is 1.74. The lowest BCUT2D eigenvalue weighted by atomic mass is 10.1. The minimum atomic E-state index is -0.937. The average molecular weight is 299 g/mol. The van der Waals surface area contributed by atoms with Crippen molar-refractivity contribution in [3.8, 4) is 0 Å². The number of hydrogen-bond donors (Lipinski definition) is 2. The molecule has 0 saturated carbocycles. The van der Waals surface area contributed by atoms with Crippen LogP contribution in [0.4, 0.5) is 15.8 Å². The fraction of sp³-hybridized carbons (Fsp3) is 0.462. The van der Waals surface area contributed by atoms with Crippen molar-refractivity contribution in [3.63, 3.8) is 0 Å². The zero-order valence-electron chi connectivity index (χ0n) is 12.1. The standard InChI is InChI=1S/C13H18FN3O4/c1-4-21-13(2,3)7-16-12(18)8-5-10(15)9(14)6-11(8)17(19)20/h5-6H,4,7,15H2,1-3H3,(H,16,18). The third-order valence-corrected chi connectivity index (χ3v) is 2.77. The molecular formula is C13H18FN3O4. The molecule has 116 valence electrons. The van der Waals surface area contributed by atoms with E-state index in [1.54, 1.807) is 13.8 Å². The molecule has 0 aromatic heterocycles. The number of carbonyl (C=O) groups is 1. The van der Waals surface area contributed by atoms with Gasteiger partial charge in [-0.2, -0.15) is 0 Å². The van der Waals surface area contributed by atoms with Crippen molar-refractivity contribution >= 4 is 17.3 Å². The third kappa shape index (κ3) is 4.38. The normalized spacial score (nSPS) is 11.2. The molecule has 0 heterocycles. The van der Waals surface area contributed by atoms with Crippen molar-refractivity contribution in [1.82, 2.24) is 5.32 Å². The maximum absolute atomic E-state index is 13.3. The van der Waals surface area contributed by atoms with Crippen LogP contribution in [0.2, 0.25) is 0 Å². The summed E-state index contributed by atoms with van der Waals surface area (Å²) in [7, 11) is 0. The smallest absolute Gasteiger partial charge is 0.285 e. The molecule has 0 spiro atoms. The van der Waals surface area contributed by atoms with Gasteiger partial charge in [-0.1, -0.05) is 0 Å². The lowest BCUT2D eigenvalue weighted by molar-refractivity contribution is -0.385. The maximum Gasteiger partial charge on any atom is 0.285 e. The van der Waals surface area contributed by atoms with Crippen molar-refractivity contribution in [3.05, 3.63) is 33.6 Å². The Labute approximate surface area is 121 Å². The lowest BCUT2D eigenvalue weighted by Crippen LogP contribution is -2.40. The number of rotatable bonds is 6. The minimum Gasteiger partial charge on any atom is -0.396 e. The summed E-state index contributed by atoms with van der Waals surface area (Å²) in [6, 6.07) is 1.59. The van der Waals surface area contributed by atoms with Crippen molar-refractivity contribution < 1.29 is 18.8 Å². The topological polar surface area (TPSA) is 107 Å². The number of benzene rings is 1. The number of amides is 1. The number of nitrogen functional groups attached to an aromatic ring is 1. The second-order valence-corrected chi connectivity index (χ2v) is 5.02. The summed E-state index contributed by atoms with van der Waals surface area (Å²) in [5.41, 5.74) is 3.49. The van der Waals surface area contributed by atoms with Gasteiger partial charge in [0.1, 0.15) is 5.56 Å². The molecule has 8 heteroatoms. The Morgan fingerprint density at radius 3 is 2.67 bits per heavy atom. The Bertz CT molecular complexity index is 561. The first kappa shape index (κ1) is 16.8. The number of nitro benzene ring substituents is 1. The first-order valence-electron chi connectivity index (χ1n) is 6.33. The molecule has 0 aliphatic carbocycles. The molecule has 1 aromatic carbocycles. The first-order chi connectivity index (χ1) is 9.68. The van der Waals surface area contributed by atoms with Crippen LogP contribution >= 0.6 is 0 Å². The number of halogens is 1. The zero-order valence-corrected chi connectivity index (χ0v) is 12.1. The van der Waals surface area contributed by atoms with Crippen molar-refractivity contribution in [2.24, 2.45) is 0 Å². The molecule has 0 bridgehead atoms. The van der Waals surface area contributed by atoms with Gasteiger partial charge in [0.15, 0.2) is 5.82 Å². The van der Waals surface area contributed by atoms with E-state index in [0.717, 1.165) is 6.07 Å². The number of nitrogens with two attached hydrogens (primary N) is 1. The maximum atomic E-state index is 13.3. The Morgan fingerprint density at radius 1 is 1.52 bits per heavy atom. The Morgan fingerprint density at radius 2 is 2.14 bits per heavy atom. The molecule has 0 aliphatic rings. The number of hydrogen-bond acceptors (Lipinski definition) is 5. The SMILES string of the molecule is CCOC(C)(C)CNC(=O)c1cc(N)c(F)cc1[N+](=O)[O-]. The fourth-order valence-corrected chi connectivity index (χ4v) is 1.74. The molecule has 0 aliphatic heterocycles. The Balaban J connectivity index is 2.97. The molecule has 1 rings (SSSR count). The van der Waals surface area contributed by atoms with Gasteiger partial charge in [-0.15, -0.1) is 0 Å². The van der Waals surface area contributed by atoms with E-state index in [9.17, 15) is 19.3 Å². The summed E-state index contributed by atoms with van der Waals surface area (Å²) in [6.45, 7) is 5.96. The Hall–Kier alpha value is -2.22. The van der Waals surface area contributed by atoms with Crippen LogP contribution in [0, 0.1) is 15.9 Å². The van der Waals surface area contributed by atoms with Crippen LogP contribution in [0.25, 0.3) is 0 Å². The molecular weight excluding hydrogens is 281 g/mol. The highest BCUT2D eigenvalue weighted by Gasteiger charge is 2.25. The number of carbonyl (C=O) groups excluding carboxylic acids is 1. The lowest BCUT2D eigenvalue weighted by Gasteiger charge is -2.24. The average Bonchev–Trinajstić information content (AvgIpc) is 2.38. The van der Waals surface area contributed by atoms with Crippen LogP contribution < -0.4 is 11.1 Å². The van der Waals surface area contributed by atoms with Crippen molar-refractivity contribution in [2.75, 3.05) is 18.9 Å². The van der Waals surface area contributed by atoms with E-state index in [1.807, 2.05) is 6.92 Å². The molecule has 0 unspecified atom stereocenters. The van der Waals surface area contributed by atoms with Crippen LogP contribution in [-0.2, 0) is 4.74 Å². The molecule has 0 atom stereocenters. The minimum absolute atomic E-state index is 0.147. The largest absolute Gasteiger partial charge is 0.396 e. The first-order valence-corrected chi connectivity index (χ1v) is 6.33. The van der Waals surface area contributed by atoms with E-state index in [4.69, 9.17) is 10.5 Å². The Kier molecular flexibility index (Phi) is 5.20. The third-order valence-electron chi connectivity index (χ3n) is 2.77. The van der Waals surface area contributed by atoms with Gasteiger partial charge in [0.2, 0.25) is 0 Å². The second kappa shape index (κ2) is 6.49. The molecule has 0 fully saturated rings. The summed E-state index contributed by atoms with van der Waals surface area (Å²) in [4.78, 5) is 22.1. The number of nitro groups is 1. The highest BCUT2D eigenvalue weighted by Crippen LogP contribution is 2.24. The van der Waals surface area contributed by atoms with Crippen LogP contribution in [0.3, 0.4) is 0 Å². The quantitative estimate of drug-likeness (QED) is 0.473. The van der Waals surface area contributed by atoms with Gasteiger partial charge in [-0.05, 0) is 26.8 Å². The number of ether oxygens (including phenoxy) is 1. The van der Waals surface area contributed by atoms with E-state index in [1.165, 1.54) is 0 Å². The zero-order chi connectivity index (χ0) is 16.2. The van der Waals surface area contributed by atoms with Crippen molar-refractivity contribution in [1.29, 1.82) is 0 Å². The molecule has 1 aromatic rings. The van der Waals surface area contributed by atoms with Gasteiger partial charge in [-0.25, -0.2) is 4.39 Å². The number of nitrogens with zero attached hydrogens (tertiary/aromatic N) is 1. The highest BCUT2D eigenvalue weighted by atomic mass is 19.1. The van der Waals surface area contributed by atoms with Crippen LogP contribution in [0.1, 0.15) is 31.1 Å². The van der Waals surface area contributed by atoms with Crippen LogP contribution in [0.5, 0.6) is 0 Å². The summed E-state index contributed by atoms with van der Waals surface area (Å²) >= 11 is 0. The van der Waals surface area contributed by atoms with Crippen molar-refractivity contribution in [2.45, 2.75) is 26.4 Å². The van der Waals surface area contributed by atoms with Gasteiger partial charge < -0.3 is 15.8 Å². The van der Waals surface area contributed by atoms with E-state index >= 15 is 0 Å².